The van der Waals surface area contributed by atoms with Crippen LogP contribution < -0.4 is 5.32 Å². The van der Waals surface area contributed by atoms with Gasteiger partial charge < -0.3 is 5.32 Å². The van der Waals surface area contributed by atoms with Crippen molar-refractivity contribution in [2.75, 3.05) is 11.9 Å². The van der Waals surface area contributed by atoms with Crippen molar-refractivity contribution < 1.29 is 0 Å². The Morgan fingerprint density at radius 1 is 1.31 bits per heavy atom. The van der Waals surface area contributed by atoms with E-state index < -0.39 is 0 Å². The predicted molar refractivity (Wildman–Crippen MR) is 65.5 cm³/mol. The molecule has 16 heavy (non-hydrogen) atoms. The molecule has 0 unspecified atom stereocenters. The van der Waals surface area contributed by atoms with Crippen LogP contribution in [0.15, 0.2) is 30.5 Å². The van der Waals surface area contributed by atoms with E-state index in [1.54, 1.807) is 0 Å². The fraction of sp³-hybridized carbons (Fsp3) is 0.308. The number of anilines is 1. The second kappa shape index (κ2) is 3.67. The lowest BCUT2D eigenvalue weighted by atomic mass is 9.96. The number of hydrogen-bond acceptors (Lipinski definition) is 2. The average Bonchev–Trinajstić information content (AvgIpc) is 2.75. The van der Waals surface area contributed by atoms with Crippen molar-refractivity contribution in [1.82, 2.24) is 9.78 Å². The van der Waals surface area contributed by atoms with Crippen molar-refractivity contribution in [2.45, 2.75) is 12.8 Å². The van der Waals surface area contributed by atoms with E-state index in [2.05, 4.69) is 34.7 Å². The van der Waals surface area contributed by atoms with Gasteiger partial charge in [-0.25, -0.2) is 0 Å². The molecule has 0 radical (unpaired) electrons. The molecule has 3 rings (SSSR count). The zero-order valence-electron chi connectivity index (χ0n) is 9.40. The lowest BCUT2D eigenvalue weighted by Crippen LogP contribution is -2.12. The molecule has 0 spiro atoms. The molecule has 0 bridgehead atoms. The molecule has 1 aromatic carbocycles. The van der Waals surface area contributed by atoms with Crippen LogP contribution in [-0.4, -0.2) is 16.3 Å². The first kappa shape index (κ1) is 9.46. The Bertz CT molecular complexity index is 514. The zero-order chi connectivity index (χ0) is 11.0. The summed E-state index contributed by atoms with van der Waals surface area (Å²) in [7, 11) is 1.99. The fourth-order valence-electron chi connectivity index (χ4n) is 2.39. The van der Waals surface area contributed by atoms with E-state index in [-0.39, 0.29) is 0 Å². The molecule has 3 heteroatoms. The van der Waals surface area contributed by atoms with Crippen molar-refractivity contribution in [1.29, 1.82) is 0 Å². The van der Waals surface area contributed by atoms with Crippen LogP contribution in [0.4, 0.5) is 5.69 Å². The maximum atomic E-state index is 4.24. The molecule has 2 aromatic rings. The molecule has 1 aliphatic rings. The normalized spacial score (nSPS) is 14.3. The molecule has 0 fully saturated rings. The SMILES string of the molecule is Cn1nccc1-c1cccc2c1CCCN2. The Morgan fingerprint density at radius 3 is 3.06 bits per heavy atom. The molecule has 82 valence electrons. The minimum Gasteiger partial charge on any atom is -0.385 e. The highest BCUT2D eigenvalue weighted by Gasteiger charge is 2.14. The first-order chi connectivity index (χ1) is 7.86. The molecule has 0 saturated heterocycles. The van der Waals surface area contributed by atoms with Gasteiger partial charge in [0.15, 0.2) is 0 Å². The maximum Gasteiger partial charge on any atom is 0.0682 e. The number of nitrogens with one attached hydrogen (secondary N) is 1. The Hall–Kier alpha value is -1.77. The Morgan fingerprint density at radius 2 is 2.25 bits per heavy atom. The van der Waals surface area contributed by atoms with Gasteiger partial charge in [-0.3, -0.25) is 4.68 Å². The highest BCUT2D eigenvalue weighted by molar-refractivity contribution is 5.72. The van der Waals surface area contributed by atoms with Crippen LogP contribution in [0.25, 0.3) is 11.3 Å². The van der Waals surface area contributed by atoms with E-state index in [4.69, 9.17) is 0 Å². The lowest BCUT2D eigenvalue weighted by Gasteiger charge is -2.20. The molecule has 1 N–H and O–H groups in total. The van der Waals surface area contributed by atoms with Gasteiger partial charge in [-0.05, 0) is 30.5 Å². The first-order valence-electron chi connectivity index (χ1n) is 5.70. The van der Waals surface area contributed by atoms with Crippen LogP contribution in [-0.2, 0) is 13.5 Å². The Labute approximate surface area is 95.1 Å². The lowest BCUT2D eigenvalue weighted by molar-refractivity contribution is 0.771. The fourth-order valence-corrected chi connectivity index (χ4v) is 2.39. The van der Waals surface area contributed by atoms with Crippen LogP contribution >= 0.6 is 0 Å². The van der Waals surface area contributed by atoms with Gasteiger partial charge >= 0.3 is 0 Å². The second-order valence-electron chi connectivity index (χ2n) is 4.20. The molecule has 3 nitrogen and oxygen atoms in total. The van der Waals surface area contributed by atoms with Gasteiger partial charge in [-0.1, -0.05) is 12.1 Å². The molecule has 0 amide bonds. The summed E-state index contributed by atoms with van der Waals surface area (Å²) in [6.07, 6.45) is 4.22. The second-order valence-corrected chi connectivity index (χ2v) is 4.20. The van der Waals surface area contributed by atoms with Crippen LogP contribution in [0.3, 0.4) is 0 Å². The van der Waals surface area contributed by atoms with Crippen LogP contribution in [0.5, 0.6) is 0 Å². The van der Waals surface area contributed by atoms with Gasteiger partial charge in [0.2, 0.25) is 0 Å². The number of benzene rings is 1. The summed E-state index contributed by atoms with van der Waals surface area (Å²) < 4.78 is 1.93. The number of nitrogens with zero attached hydrogens (tertiary/aromatic N) is 2. The number of rotatable bonds is 1. The van der Waals surface area contributed by atoms with Gasteiger partial charge in [0.1, 0.15) is 0 Å². The molecular formula is C13H15N3. The van der Waals surface area contributed by atoms with Gasteiger partial charge in [0.25, 0.3) is 0 Å². The summed E-state index contributed by atoms with van der Waals surface area (Å²) in [5, 5.41) is 7.69. The summed E-state index contributed by atoms with van der Waals surface area (Å²) in [6.45, 7) is 1.09. The van der Waals surface area contributed by atoms with Crippen molar-refractivity contribution >= 4 is 5.69 Å². The third kappa shape index (κ3) is 1.40. The van der Waals surface area contributed by atoms with Gasteiger partial charge in [0, 0.05) is 31.0 Å². The largest absolute Gasteiger partial charge is 0.385 e. The number of aromatic nitrogens is 2. The minimum atomic E-state index is 1.09. The van der Waals surface area contributed by atoms with E-state index in [0.717, 1.165) is 13.0 Å². The minimum absolute atomic E-state index is 1.09. The molecule has 2 heterocycles. The number of hydrogen-bond donors (Lipinski definition) is 1. The number of fused-ring (bicyclic) bond motifs is 1. The van der Waals surface area contributed by atoms with Crippen LogP contribution in [0.1, 0.15) is 12.0 Å². The Kier molecular flexibility index (Phi) is 2.17. The smallest absolute Gasteiger partial charge is 0.0682 e. The molecular weight excluding hydrogens is 198 g/mol. The average molecular weight is 213 g/mol. The van der Waals surface area contributed by atoms with Crippen molar-refractivity contribution in [3.63, 3.8) is 0 Å². The van der Waals surface area contributed by atoms with E-state index in [1.165, 1.54) is 28.9 Å². The summed E-state index contributed by atoms with van der Waals surface area (Å²) in [5.74, 6) is 0. The number of aryl methyl sites for hydroxylation is 1. The molecule has 0 atom stereocenters. The van der Waals surface area contributed by atoms with Crippen LogP contribution in [0.2, 0.25) is 0 Å². The van der Waals surface area contributed by atoms with E-state index in [1.807, 2.05) is 17.9 Å². The van der Waals surface area contributed by atoms with Crippen molar-refractivity contribution in [3.8, 4) is 11.3 Å². The van der Waals surface area contributed by atoms with Crippen molar-refractivity contribution in [3.05, 3.63) is 36.0 Å². The highest BCUT2D eigenvalue weighted by Crippen LogP contribution is 2.31. The Balaban J connectivity index is 2.18. The van der Waals surface area contributed by atoms with Gasteiger partial charge in [0.05, 0.1) is 5.69 Å². The first-order valence-corrected chi connectivity index (χ1v) is 5.70. The van der Waals surface area contributed by atoms with Gasteiger partial charge in [-0.15, -0.1) is 0 Å². The third-order valence-electron chi connectivity index (χ3n) is 3.19. The highest BCUT2D eigenvalue weighted by atomic mass is 15.3. The quantitative estimate of drug-likeness (QED) is 0.788. The van der Waals surface area contributed by atoms with Gasteiger partial charge in [-0.2, -0.15) is 5.10 Å². The topological polar surface area (TPSA) is 29.9 Å². The van der Waals surface area contributed by atoms with Crippen molar-refractivity contribution in [2.24, 2.45) is 7.05 Å². The van der Waals surface area contributed by atoms with E-state index in [0.29, 0.717) is 0 Å². The predicted octanol–water partition coefficient (Wildman–Crippen LogP) is 2.45. The van der Waals surface area contributed by atoms with Crippen LogP contribution in [0, 0.1) is 0 Å². The third-order valence-corrected chi connectivity index (χ3v) is 3.19. The zero-order valence-corrected chi connectivity index (χ0v) is 9.40. The van der Waals surface area contributed by atoms with E-state index >= 15 is 0 Å². The molecule has 1 aromatic heterocycles. The summed E-state index contributed by atoms with van der Waals surface area (Å²) in [4.78, 5) is 0. The maximum absolute atomic E-state index is 4.24. The molecule has 1 aliphatic heterocycles. The summed E-state index contributed by atoms with van der Waals surface area (Å²) in [6, 6.07) is 8.53. The molecule has 0 aliphatic carbocycles. The van der Waals surface area contributed by atoms with E-state index in [9.17, 15) is 0 Å². The standard InChI is InChI=1S/C13H15N3/c1-16-13(7-9-15-16)11-4-2-6-12-10(11)5-3-8-14-12/h2,4,6-7,9,14H,3,5,8H2,1H3. The molecule has 0 saturated carbocycles. The monoisotopic (exact) mass is 213 g/mol. The summed E-state index contributed by atoms with van der Waals surface area (Å²) >= 11 is 0. The summed E-state index contributed by atoms with van der Waals surface area (Å²) in [5.41, 5.74) is 5.22.